The van der Waals surface area contributed by atoms with E-state index >= 15 is 0 Å². The molecule has 0 unspecified atom stereocenters. The molecule has 0 N–H and O–H groups in total. The van der Waals surface area contributed by atoms with Crippen molar-refractivity contribution in [3.8, 4) is 0 Å². The number of rotatable bonds is 3. The summed E-state index contributed by atoms with van der Waals surface area (Å²) in [6, 6.07) is 10.3. The van der Waals surface area contributed by atoms with Gasteiger partial charge in [0.15, 0.2) is 0 Å². The molecule has 0 saturated heterocycles. The summed E-state index contributed by atoms with van der Waals surface area (Å²) in [6.45, 7) is 2.04. The average Bonchev–Trinajstić information content (AvgIpc) is 2.14. The summed E-state index contributed by atoms with van der Waals surface area (Å²) in [4.78, 5) is 0. The fourth-order valence-corrected chi connectivity index (χ4v) is 0.983. The van der Waals surface area contributed by atoms with E-state index in [9.17, 15) is 0 Å². The highest BCUT2D eigenvalue weighted by Crippen LogP contribution is 2.01. The Labute approximate surface area is 74.2 Å². The van der Waals surface area contributed by atoms with Crippen LogP contribution >= 0.6 is 0 Å². The molecule has 0 fully saturated rings. The molecule has 1 aromatic rings. The van der Waals surface area contributed by atoms with Gasteiger partial charge in [0.1, 0.15) is 0 Å². The molecular weight excluding hydrogens is 144 g/mol. The molecule has 0 bridgehead atoms. The number of hydrogen-bond acceptors (Lipinski definition) is 0. The van der Waals surface area contributed by atoms with Gasteiger partial charge >= 0.3 is 0 Å². The molecular formula is C12H14. The van der Waals surface area contributed by atoms with Crippen molar-refractivity contribution in [2.24, 2.45) is 0 Å². The van der Waals surface area contributed by atoms with Gasteiger partial charge in [-0.15, -0.1) is 0 Å². The molecule has 0 aliphatic heterocycles. The SMILES string of the molecule is CC=CCC=Cc1ccccc1. The standard InChI is InChI=1S/C12H14/c1-2-3-4-6-9-12-10-7-5-8-11-12/h2-3,5-11H,4H2,1H3. The van der Waals surface area contributed by atoms with Crippen LogP contribution in [0.4, 0.5) is 0 Å². The molecule has 0 heterocycles. The molecule has 0 spiro atoms. The summed E-state index contributed by atoms with van der Waals surface area (Å²) in [5, 5.41) is 0. The highest BCUT2D eigenvalue weighted by atomic mass is 13.9. The maximum Gasteiger partial charge on any atom is -0.0166 e. The third kappa shape index (κ3) is 3.20. The van der Waals surface area contributed by atoms with Crippen LogP contribution in [0.3, 0.4) is 0 Å². The lowest BCUT2D eigenvalue weighted by Crippen LogP contribution is -1.67. The molecule has 0 aromatic heterocycles. The van der Waals surface area contributed by atoms with E-state index in [-0.39, 0.29) is 0 Å². The molecule has 0 nitrogen and oxygen atoms in total. The average molecular weight is 158 g/mol. The first-order chi connectivity index (χ1) is 5.93. The van der Waals surface area contributed by atoms with E-state index in [0.717, 1.165) is 6.42 Å². The Morgan fingerprint density at radius 2 is 1.83 bits per heavy atom. The van der Waals surface area contributed by atoms with Crippen LogP contribution in [0.2, 0.25) is 0 Å². The second-order valence-electron chi connectivity index (χ2n) is 2.62. The van der Waals surface area contributed by atoms with E-state index in [0.29, 0.717) is 0 Å². The van der Waals surface area contributed by atoms with Gasteiger partial charge in [-0.1, -0.05) is 54.6 Å². The number of hydrogen-bond donors (Lipinski definition) is 0. The minimum Gasteiger partial charge on any atom is -0.0914 e. The predicted molar refractivity (Wildman–Crippen MR) is 54.9 cm³/mol. The number of allylic oxidation sites excluding steroid dienone is 3. The van der Waals surface area contributed by atoms with Gasteiger partial charge in [0, 0.05) is 0 Å². The molecule has 0 radical (unpaired) electrons. The van der Waals surface area contributed by atoms with Crippen molar-refractivity contribution in [2.75, 3.05) is 0 Å². The third-order valence-electron chi connectivity index (χ3n) is 1.62. The summed E-state index contributed by atoms with van der Waals surface area (Å²) in [6.07, 6.45) is 9.52. The van der Waals surface area contributed by atoms with Crippen LogP contribution in [0, 0.1) is 0 Å². The van der Waals surface area contributed by atoms with Crippen molar-refractivity contribution in [1.29, 1.82) is 0 Å². The Morgan fingerprint density at radius 3 is 2.50 bits per heavy atom. The molecule has 0 atom stereocenters. The summed E-state index contributed by atoms with van der Waals surface area (Å²) in [5.41, 5.74) is 1.27. The van der Waals surface area contributed by atoms with Gasteiger partial charge in [-0.25, -0.2) is 0 Å². The van der Waals surface area contributed by atoms with Crippen molar-refractivity contribution in [3.63, 3.8) is 0 Å². The Hall–Kier alpha value is -1.30. The largest absolute Gasteiger partial charge is 0.0914 e. The summed E-state index contributed by atoms with van der Waals surface area (Å²) < 4.78 is 0. The van der Waals surface area contributed by atoms with Crippen LogP contribution in [-0.4, -0.2) is 0 Å². The normalized spacial score (nSPS) is 11.4. The fourth-order valence-electron chi connectivity index (χ4n) is 0.983. The smallest absolute Gasteiger partial charge is 0.0166 e. The lowest BCUT2D eigenvalue weighted by Gasteiger charge is -1.89. The maximum absolute atomic E-state index is 2.16. The first-order valence-electron chi connectivity index (χ1n) is 4.26. The Kier molecular flexibility index (Phi) is 3.93. The van der Waals surface area contributed by atoms with Crippen LogP contribution in [0.1, 0.15) is 18.9 Å². The van der Waals surface area contributed by atoms with Crippen molar-refractivity contribution in [1.82, 2.24) is 0 Å². The lowest BCUT2D eigenvalue weighted by molar-refractivity contribution is 1.39. The monoisotopic (exact) mass is 158 g/mol. The minimum atomic E-state index is 1.02. The van der Waals surface area contributed by atoms with Crippen LogP contribution in [0.15, 0.2) is 48.6 Å². The zero-order chi connectivity index (χ0) is 8.65. The highest BCUT2D eigenvalue weighted by Gasteiger charge is 1.79. The Balaban J connectivity index is 2.47. The van der Waals surface area contributed by atoms with E-state index in [1.807, 2.05) is 13.0 Å². The van der Waals surface area contributed by atoms with E-state index in [1.54, 1.807) is 0 Å². The van der Waals surface area contributed by atoms with Crippen LogP contribution in [-0.2, 0) is 0 Å². The third-order valence-corrected chi connectivity index (χ3v) is 1.62. The van der Waals surface area contributed by atoms with Crippen LogP contribution < -0.4 is 0 Å². The Morgan fingerprint density at radius 1 is 1.08 bits per heavy atom. The molecule has 0 aliphatic carbocycles. The first-order valence-corrected chi connectivity index (χ1v) is 4.26. The van der Waals surface area contributed by atoms with Gasteiger partial charge in [0.25, 0.3) is 0 Å². The van der Waals surface area contributed by atoms with E-state index in [4.69, 9.17) is 0 Å². The van der Waals surface area contributed by atoms with Crippen LogP contribution in [0.25, 0.3) is 6.08 Å². The second-order valence-corrected chi connectivity index (χ2v) is 2.62. The molecule has 0 saturated carbocycles. The summed E-state index contributed by atoms with van der Waals surface area (Å²) in [5.74, 6) is 0. The zero-order valence-corrected chi connectivity index (χ0v) is 7.40. The summed E-state index contributed by atoms with van der Waals surface area (Å²) in [7, 11) is 0. The van der Waals surface area contributed by atoms with Gasteiger partial charge in [-0.2, -0.15) is 0 Å². The highest BCUT2D eigenvalue weighted by molar-refractivity contribution is 5.48. The Bertz CT molecular complexity index is 255. The predicted octanol–water partition coefficient (Wildman–Crippen LogP) is 3.67. The molecule has 1 aromatic carbocycles. The lowest BCUT2D eigenvalue weighted by atomic mass is 10.2. The van der Waals surface area contributed by atoms with Crippen molar-refractivity contribution < 1.29 is 0 Å². The van der Waals surface area contributed by atoms with E-state index < -0.39 is 0 Å². The quantitative estimate of drug-likeness (QED) is 0.589. The van der Waals surface area contributed by atoms with Crippen molar-refractivity contribution in [2.45, 2.75) is 13.3 Å². The zero-order valence-electron chi connectivity index (χ0n) is 7.40. The molecule has 0 aliphatic rings. The van der Waals surface area contributed by atoms with Gasteiger partial charge in [-0.3, -0.25) is 0 Å². The van der Waals surface area contributed by atoms with Crippen LogP contribution in [0.5, 0.6) is 0 Å². The topological polar surface area (TPSA) is 0 Å². The number of benzene rings is 1. The van der Waals surface area contributed by atoms with Crippen molar-refractivity contribution >= 4 is 6.08 Å². The minimum absolute atomic E-state index is 1.02. The molecule has 0 amide bonds. The van der Waals surface area contributed by atoms with E-state index in [2.05, 4.69) is 48.6 Å². The van der Waals surface area contributed by atoms with E-state index in [1.165, 1.54) is 5.56 Å². The van der Waals surface area contributed by atoms with Gasteiger partial charge in [0.05, 0.1) is 0 Å². The fraction of sp³-hybridized carbons (Fsp3) is 0.167. The molecule has 62 valence electrons. The first kappa shape index (κ1) is 8.79. The molecule has 12 heavy (non-hydrogen) atoms. The van der Waals surface area contributed by atoms with Gasteiger partial charge in [-0.05, 0) is 18.9 Å². The molecule has 1 rings (SSSR count). The van der Waals surface area contributed by atoms with Gasteiger partial charge < -0.3 is 0 Å². The second kappa shape index (κ2) is 5.36. The van der Waals surface area contributed by atoms with Gasteiger partial charge in [0.2, 0.25) is 0 Å². The van der Waals surface area contributed by atoms with Crippen molar-refractivity contribution in [3.05, 3.63) is 54.1 Å². The molecule has 0 heteroatoms. The maximum atomic E-state index is 2.16. The summed E-state index contributed by atoms with van der Waals surface area (Å²) >= 11 is 0.